The second-order valence-electron chi connectivity index (χ2n) is 2.76. The standard InChI is InChI=1S/C6H10Br2O2S/c7-4-11(9,10)6-3-1-2-5(6)8/h5-6H,1-4H2. The summed E-state index contributed by atoms with van der Waals surface area (Å²) >= 11 is 6.38. The molecule has 2 unspecified atom stereocenters. The lowest BCUT2D eigenvalue weighted by Crippen LogP contribution is -2.25. The average molecular weight is 306 g/mol. The first-order valence-corrected chi connectivity index (χ1v) is 7.25. The topological polar surface area (TPSA) is 34.1 Å². The van der Waals surface area contributed by atoms with E-state index in [0.29, 0.717) is 0 Å². The predicted octanol–water partition coefficient (Wildman–Crippen LogP) is 2.07. The van der Waals surface area contributed by atoms with Gasteiger partial charge in [0.25, 0.3) is 0 Å². The summed E-state index contributed by atoms with van der Waals surface area (Å²) in [6, 6.07) is 0. The van der Waals surface area contributed by atoms with E-state index in [4.69, 9.17) is 0 Å². The van der Waals surface area contributed by atoms with Crippen molar-refractivity contribution >= 4 is 41.7 Å². The molecule has 0 aromatic heterocycles. The molecule has 66 valence electrons. The van der Waals surface area contributed by atoms with E-state index in [0.717, 1.165) is 19.3 Å². The first kappa shape index (κ1) is 9.99. The molecule has 1 fully saturated rings. The Labute approximate surface area is 83.9 Å². The Morgan fingerprint density at radius 1 is 1.36 bits per heavy atom. The molecule has 5 heteroatoms. The number of halogens is 2. The van der Waals surface area contributed by atoms with Crippen LogP contribution in [0.15, 0.2) is 0 Å². The van der Waals surface area contributed by atoms with E-state index in [1.807, 2.05) is 0 Å². The van der Waals surface area contributed by atoms with Crippen LogP contribution in [0.5, 0.6) is 0 Å². The van der Waals surface area contributed by atoms with Crippen molar-refractivity contribution in [2.75, 3.05) is 4.66 Å². The van der Waals surface area contributed by atoms with E-state index < -0.39 is 9.84 Å². The lowest BCUT2D eigenvalue weighted by molar-refractivity contribution is 0.586. The zero-order valence-electron chi connectivity index (χ0n) is 5.96. The van der Waals surface area contributed by atoms with Gasteiger partial charge in [0.2, 0.25) is 0 Å². The summed E-state index contributed by atoms with van der Waals surface area (Å²) in [5.41, 5.74) is 0. The van der Waals surface area contributed by atoms with Gasteiger partial charge in [-0.15, -0.1) is 0 Å². The van der Waals surface area contributed by atoms with Crippen LogP contribution in [0.2, 0.25) is 0 Å². The van der Waals surface area contributed by atoms with Crippen molar-refractivity contribution in [3.05, 3.63) is 0 Å². The van der Waals surface area contributed by atoms with Crippen LogP contribution in [0.1, 0.15) is 19.3 Å². The van der Waals surface area contributed by atoms with Gasteiger partial charge >= 0.3 is 0 Å². The first-order valence-electron chi connectivity index (χ1n) is 3.49. The van der Waals surface area contributed by atoms with Crippen LogP contribution < -0.4 is 0 Å². The maximum absolute atomic E-state index is 11.3. The zero-order valence-corrected chi connectivity index (χ0v) is 9.95. The molecule has 0 amide bonds. The van der Waals surface area contributed by atoms with E-state index in [2.05, 4.69) is 31.9 Å². The van der Waals surface area contributed by atoms with E-state index in [1.165, 1.54) is 0 Å². The summed E-state index contributed by atoms with van der Waals surface area (Å²) in [4.78, 5) is 0.171. The van der Waals surface area contributed by atoms with Crippen molar-refractivity contribution in [1.29, 1.82) is 0 Å². The number of sulfone groups is 1. The van der Waals surface area contributed by atoms with Crippen molar-refractivity contribution in [2.24, 2.45) is 0 Å². The molecule has 1 aliphatic rings. The molecule has 2 atom stereocenters. The fourth-order valence-electron chi connectivity index (χ4n) is 1.37. The third kappa shape index (κ3) is 2.18. The van der Waals surface area contributed by atoms with Crippen molar-refractivity contribution in [3.8, 4) is 0 Å². The smallest absolute Gasteiger partial charge is 0.164 e. The van der Waals surface area contributed by atoms with Gasteiger partial charge in [0.15, 0.2) is 9.84 Å². The van der Waals surface area contributed by atoms with Gasteiger partial charge in [-0.3, -0.25) is 0 Å². The Morgan fingerprint density at radius 2 is 2.00 bits per heavy atom. The summed E-state index contributed by atoms with van der Waals surface area (Å²) in [5, 5.41) is -0.165. The first-order chi connectivity index (χ1) is 5.08. The molecule has 0 saturated heterocycles. The molecule has 0 spiro atoms. The minimum absolute atomic E-state index is 0.0900. The van der Waals surface area contributed by atoms with E-state index >= 15 is 0 Å². The van der Waals surface area contributed by atoms with Crippen LogP contribution in [0.4, 0.5) is 0 Å². The highest BCUT2D eigenvalue weighted by molar-refractivity contribution is 9.11. The van der Waals surface area contributed by atoms with Gasteiger partial charge in [0.1, 0.15) is 4.66 Å². The minimum atomic E-state index is -2.88. The second kappa shape index (κ2) is 3.75. The average Bonchev–Trinajstić information content (AvgIpc) is 2.36. The molecule has 0 radical (unpaired) electrons. The molecule has 0 heterocycles. The summed E-state index contributed by atoms with van der Waals surface area (Å²) in [7, 11) is -2.88. The minimum Gasteiger partial charge on any atom is -0.228 e. The molecule has 1 saturated carbocycles. The van der Waals surface area contributed by atoms with Crippen molar-refractivity contribution in [3.63, 3.8) is 0 Å². The maximum atomic E-state index is 11.3. The summed E-state index contributed by atoms with van der Waals surface area (Å²) in [6.07, 6.45) is 2.81. The number of rotatable bonds is 2. The van der Waals surface area contributed by atoms with Gasteiger partial charge in [-0.25, -0.2) is 8.42 Å². The molecule has 11 heavy (non-hydrogen) atoms. The Bertz CT molecular complexity index is 225. The van der Waals surface area contributed by atoms with Crippen LogP contribution in [-0.2, 0) is 9.84 Å². The third-order valence-corrected chi connectivity index (χ3v) is 7.14. The highest BCUT2D eigenvalue weighted by Crippen LogP contribution is 2.31. The highest BCUT2D eigenvalue weighted by atomic mass is 79.9. The molecule has 0 aromatic carbocycles. The van der Waals surface area contributed by atoms with Crippen molar-refractivity contribution in [2.45, 2.75) is 29.3 Å². The van der Waals surface area contributed by atoms with Crippen LogP contribution in [0, 0.1) is 0 Å². The highest BCUT2D eigenvalue weighted by Gasteiger charge is 2.34. The molecule has 0 aliphatic heterocycles. The number of hydrogen-bond donors (Lipinski definition) is 0. The van der Waals surface area contributed by atoms with Crippen LogP contribution in [0.25, 0.3) is 0 Å². The Hall–Kier alpha value is 0.910. The lowest BCUT2D eigenvalue weighted by Gasteiger charge is -2.11. The SMILES string of the molecule is O=S(=O)(CBr)C1CCCC1Br. The van der Waals surface area contributed by atoms with Crippen molar-refractivity contribution < 1.29 is 8.42 Å². The van der Waals surface area contributed by atoms with E-state index in [1.54, 1.807) is 0 Å². The molecule has 1 aliphatic carbocycles. The van der Waals surface area contributed by atoms with Gasteiger partial charge in [-0.1, -0.05) is 38.3 Å². The van der Waals surface area contributed by atoms with Gasteiger partial charge in [0, 0.05) is 4.83 Å². The molecular formula is C6H10Br2O2S. The summed E-state index contributed by atoms with van der Waals surface area (Å²) in [5.74, 6) is 0. The monoisotopic (exact) mass is 304 g/mol. The largest absolute Gasteiger partial charge is 0.228 e. The quantitative estimate of drug-likeness (QED) is 0.732. The van der Waals surface area contributed by atoms with Gasteiger partial charge in [0.05, 0.1) is 5.25 Å². The number of alkyl halides is 2. The van der Waals surface area contributed by atoms with Gasteiger partial charge in [-0.05, 0) is 12.8 Å². The van der Waals surface area contributed by atoms with Crippen LogP contribution >= 0.6 is 31.9 Å². The van der Waals surface area contributed by atoms with E-state index in [9.17, 15) is 8.42 Å². The fraction of sp³-hybridized carbons (Fsp3) is 1.00. The fourth-order valence-corrected chi connectivity index (χ4v) is 5.23. The molecular weight excluding hydrogens is 296 g/mol. The van der Waals surface area contributed by atoms with E-state index in [-0.39, 0.29) is 14.7 Å². The predicted molar refractivity (Wildman–Crippen MR) is 53.1 cm³/mol. The van der Waals surface area contributed by atoms with Crippen LogP contribution in [-0.4, -0.2) is 23.2 Å². The van der Waals surface area contributed by atoms with Gasteiger partial charge < -0.3 is 0 Å². The third-order valence-electron chi connectivity index (χ3n) is 1.99. The molecule has 0 aromatic rings. The summed E-state index contributed by atoms with van der Waals surface area (Å²) in [6.45, 7) is 0. The number of hydrogen-bond acceptors (Lipinski definition) is 2. The Balaban J connectivity index is 2.75. The molecule has 0 bridgehead atoms. The summed E-state index contributed by atoms with van der Waals surface area (Å²) < 4.78 is 22.8. The zero-order chi connectivity index (χ0) is 8.48. The Morgan fingerprint density at radius 3 is 2.36 bits per heavy atom. The second-order valence-corrected chi connectivity index (χ2v) is 7.46. The molecule has 0 N–H and O–H groups in total. The molecule has 1 rings (SSSR count). The lowest BCUT2D eigenvalue weighted by atomic mass is 10.4. The van der Waals surface area contributed by atoms with Gasteiger partial charge in [-0.2, -0.15) is 0 Å². The van der Waals surface area contributed by atoms with Crippen LogP contribution in [0.3, 0.4) is 0 Å². The normalized spacial score (nSPS) is 32.5. The van der Waals surface area contributed by atoms with Crippen molar-refractivity contribution in [1.82, 2.24) is 0 Å². The maximum Gasteiger partial charge on any atom is 0.164 e. The Kier molecular flexibility index (Phi) is 3.40. The molecule has 2 nitrogen and oxygen atoms in total.